The van der Waals surface area contributed by atoms with Crippen molar-refractivity contribution in [2.24, 2.45) is 5.92 Å². The largest absolute Gasteiger partial charge is 0.469 e. The van der Waals surface area contributed by atoms with E-state index >= 15 is 0 Å². The van der Waals surface area contributed by atoms with Gasteiger partial charge in [0.1, 0.15) is 0 Å². The molecule has 10 heteroatoms. The molecule has 0 spiro atoms. The number of carbonyl (C=O) groups excluding carboxylic acids is 3. The van der Waals surface area contributed by atoms with Crippen molar-refractivity contribution in [3.63, 3.8) is 0 Å². The Bertz CT molecular complexity index is 806. The summed E-state index contributed by atoms with van der Waals surface area (Å²) in [4.78, 5) is 35.7. The number of halogens is 2. The molecule has 1 aliphatic heterocycles. The molecule has 0 radical (unpaired) electrons. The molecule has 150 valence electrons. The van der Waals surface area contributed by atoms with Gasteiger partial charge in [-0.05, 0) is 24.6 Å². The van der Waals surface area contributed by atoms with Crippen LogP contribution >= 0.6 is 35.0 Å². The summed E-state index contributed by atoms with van der Waals surface area (Å²) >= 11 is 13.0. The van der Waals surface area contributed by atoms with Crippen molar-refractivity contribution in [2.45, 2.75) is 17.4 Å². The van der Waals surface area contributed by atoms with Gasteiger partial charge in [0.15, 0.2) is 0 Å². The number of esters is 1. The van der Waals surface area contributed by atoms with Gasteiger partial charge in [0.2, 0.25) is 0 Å². The minimum atomic E-state index is -1.73. The second-order valence-corrected chi connectivity index (χ2v) is 8.40. The van der Waals surface area contributed by atoms with Crippen molar-refractivity contribution in [2.75, 3.05) is 24.8 Å². The van der Waals surface area contributed by atoms with E-state index in [0.717, 1.165) is 11.8 Å². The van der Waals surface area contributed by atoms with Gasteiger partial charge in [0.05, 0.1) is 19.6 Å². The molecule has 1 aromatic carbocycles. The summed E-state index contributed by atoms with van der Waals surface area (Å²) in [5.74, 6) is -1.52. The van der Waals surface area contributed by atoms with Gasteiger partial charge >= 0.3 is 5.97 Å². The van der Waals surface area contributed by atoms with Crippen LogP contribution in [0.5, 0.6) is 0 Å². The van der Waals surface area contributed by atoms with Crippen molar-refractivity contribution in [1.82, 2.24) is 5.32 Å². The van der Waals surface area contributed by atoms with E-state index in [9.17, 15) is 14.4 Å². The van der Waals surface area contributed by atoms with E-state index in [1.54, 1.807) is 12.2 Å². The van der Waals surface area contributed by atoms with Crippen molar-refractivity contribution in [3.05, 3.63) is 40.4 Å². The Hall–Kier alpha value is -1.74. The first-order valence-electron chi connectivity index (χ1n) is 8.46. The molecule has 2 amide bonds. The van der Waals surface area contributed by atoms with Crippen molar-refractivity contribution in [3.8, 4) is 0 Å². The standard InChI is InChI=1S/C18H18Cl2N2O5S/c1-26-15(23)10-2-3-13(6-10)21-16(24)18(27-4-5-28-18)17(25)22-14-8-11(19)7-12(20)9-14/h2-3,7-10,13H,4-6H2,1H3,(H,21,24)(H,22,25)/t10-,13+,18?/m1/s1. The number of benzene rings is 1. The van der Waals surface area contributed by atoms with E-state index in [-0.39, 0.29) is 12.6 Å². The fourth-order valence-corrected chi connectivity index (χ4v) is 4.53. The molecule has 0 saturated carbocycles. The molecule has 1 unspecified atom stereocenters. The molecular weight excluding hydrogens is 427 g/mol. The zero-order valence-corrected chi connectivity index (χ0v) is 17.2. The van der Waals surface area contributed by atoms with Crippen LogP contribution in [0.25, 0.3) is 0 Å². The third kappa shape index (κ3) is 4.46. The maximum Gasteiger partial charge on any atom is 0.312 e. The molecular formula is C18H18Cl2N2O5S. The van der Waals surface area contributed by atoms with E-state index in [1.165, 1.54) is 25.3 Å². The Morgan fingerprint density at radius 1 is 1.18 bits per heavy atom. The smallest absolute Gasteiger partial charge is 0.312 e. The van der Waals surface area contributed by atoms with Crippen LogP contribution in [-0.2, 0) is 23.9 Å². The van der Waals surface area contributed by atoms with Crippen LogP contribution in [0.15, 0.2) is 30.4 Å². The Morgan fingerprint density at radius 3 is 2.50 bits per heavy atom. The quantitative estimate of drug-likeness (QED) is 0.411. The highest BCUT2D eigenvalue weighted by Gasteiger charge is 2.51. The van der Waals surface area contributed by atoms with Crippen LogP contribution in [-0.4, -0.2) is 48.2 Å². The van der Waals surface area contributed by atoms with Crippen molar-refractivity contribution in [1.29, 1.82) is 0 Å². The lowest BCUT2D eigenvalue weighted by Crippen LogP contribution is -2.54. The second-order valence-electron chi connectivity index (χ2n) is 6.26. The summed E-state index contributed by atoms with van der Waals surface area (Å²) in [6, 6.07) is 4.19. The number of thioether (sulfide) groups is 1. The highest BCUT2D eigenvalue weighted by atomic mass is 35.5. The number of rotatable bonds is 5. The van der Waals surface area contributed by atoms with Gasteiger partial charge < -0.3 is 20.1 Å². The fraction of sp³-hybridized carbons (Fsp3) is 0.389. The van der Waals surface area contributed by atoms with Crippen LogP contribution in [0.1, 0.15) is 6.42 Å². The lowest BCUT2D eigenvalue weighted by atomic mass is 10.1. The minimum Gasteiger partial charge on any atom is -0.469 e. The average molecular weight is 445 g/mol. The summed E-state index contributed by atoms with van der Waals surface area (Å²) in [6.45, 7) is 0.257. The van der Waals surface area contributed by atoms with Crippen LogP contribution in [0, 0.1) is 5.92 Å². The summed E-state index contributed by atoms with van der Waals surface area (Å²) in [5, 5.41) is 6.12. The summed E-state index contributed by atoms with van der Waals surface area (Å²) < 4.78 is 10.3. The topological polar surface area (TPSA) is 93.7 Å². The zero-order valence-electron chi connectivity index (χ0n) is 14.9. The molecule has 7 nitrogen and oxygen atoms in total. The van der Waals surface area contributed by atoms with Gasteiger partial charge in [0, 0.05) is 27.5 Å². The van der Waals surface area contributed by atoms with E-state index in [4.69, 9.17) is 32.7 Å². The van der Waals surface area contributed by atoms with Gasteiger partial charge in [-0.2, -0.15) is 0 Å². The van der Waals surface area contributed by atoms with Crippen molar-refractivity contribution < 1.29 is 23.9 Å². The second kappa shape index (κ2) is 8.73. The first kappa shape index (κ1) is 21.0. The van der Waals surface area contributed by atoms with E-state index in [1.807, 2.05) is 0 Å². The number of nitrogens with one attached hydrogen (secondary N) is 2. The Balaban J connectivity index is 1.71. The van der Waals surface area contributed by atoms with Gasteiger partial charge in [0.25, 0.3) is 16.7 Å². The maximum atomic E-state index is 12.9. The van der Waals surface area contributed by atoms with Crippen LogP contribution in [0.4, 0.5) is 5.69 Å². The highest BCUT2D eigenvalue weighted by molar-refractivity contribution is 8.02. The molecule has 2 N–H and O–H groups in total. The summed E-state index contributed by atoms with van der Waals surface area (Å²) in [5.41, 5.74) is 0.359. The van der Waals surface area contributed by atoms with E-state index < -0.39 is 28.7 Å². The normalized spacial score (nSPS) is 26.1. The highest BCUT2D eigenvalue weighted by Crippen LogP contribution is 2.35. The molecule has 1 fully saturated rings. The summed E-state index contributed by atoms with van der Waals surface area (Å²) in [7, 11) is 1.31. The first-order chi connectivity index (χ1) is 13.3. The van der Waals surface area contributed by atoms with Gasteiger partial charge in [-0.25, -0.2) is 0 Å². The van der Waals surface area contributed by atoms with Crippen LogP contribution in [0.2, 0.25) is 10.0 Å². The molecule has 3 atom stereocenters. The monoisotopic (exact) mass is 444 g/mol. The number of amides is 2. The number of hydrogen-bond acceptors (Lipinski definition) is 6. The Morgan fingerprint density at radius 2 is 1.89 bits per heavy atom. The van der Waals surface area contributed by atoms with Crippen LogP contribution in [0.3, 0.4) is 0 Å². The number of hydrogen-bond donors (Lipinski definition) is 2. The predicted octanol–water partition coefficient (Wildman–Crippen LogP) is 2.63. The molecule has 0 bridgehead atoms. The molecule has 3 rings (SSSR count). The van der Waals surface area contributed by atoms with Gasteiger partial charge in [-0.1, -0.05) is 35.4 Å². The lowest BCUT2D eigenvalue weighted by molar-refractivity contribution is -0.146. The maximum absolute atomic E-state index is 12.9. The minimum absolute atomic E-state index is 0.257. The first-order valence-corrected chi connectivity index (χ1v) is 10.2. The third-order valence-corrected chi connectivity index (χ3v) is 6.02. The molecule has 1 heterocycles. The molecule has 1 saturated heterocycles. The number of methoxy groups -OCH3 is 1. The predicted molar refractivity (Wildman–Crippen MR) is 107 cm³/mol. The molecule has 28 heavy (non-hydrogen) atoms. The van der Waals surface area contributed by atoms with Gasteiger partial charge in [-0.15, -0.1) is 11.8 Å². The Labute approximate surface area is 176 Å². The Kier molecular flexibility index (Phi) is 6.54. The SMILES string of the molecule is COC(=O)[C@@H]1C=C[C@H](NC(=O)C2(C(=O)Nc3cc(Cl)cc(Cl)c3)OCCS2)C1. The molecule has 1 aromatic rings. The van der Waals surface area contributed by atoms with E-state index in [2.05, 4.69) is 10.6 Å². The average Bonchev–Trinajstić information content (AvgIpc) is 3.30. The van der Waals surface area contributed by atoms with Crippen molar-refractivity contribution >= 4 is 58.4 Å². The summed E-state index contributed by atoms with van der Waals surface area (Å²) in [6.07, 6.45) is 3.76. The molecule has 2 aliphatic rings. The van der Waals surface area contributed by atoms with Gasteiger partial charge in [-0.3, -0.25) is 14.4 Å². The zero-order chi connectivity index (χ0) is 20.3. The third-order valence-electron chi connectivity index (χ3n) is 4.32. The molecule has 1 aliphatic carbocycles. The molecule has 0 aromatic heterocycles. The number of ether oxygens (including phenoxy) is 2. The lowest BCUT2D eigenvalue weighted by Gasteiger charge is -2.26. The fourth-order valence-electron chi connectivity index (χ4n) is 3.01. The number of carbonyl (C=O) groups is 3. The number of anilines is 1. The van der Waals surface area contributed by atoms with Crippen LogP contribution < -0.4 is 10.6 Å². The van der Waals surface area contributed by atoms with E-state index in [0.29, 0.717) is 27.9 Å².